The number of ether oxygens (including phenoxy) is 1. The third-order valence-corrected chi connectivity index (χ3v) is 10.5. The number of aliphatic carboxylic acids is 1. The Kier molecular flexibility index (Phi) is 7.63. The molecule has 13 heteroatoms. The Bertz CT molecular complexity index is 1460. The van der Waals surface area contributed by atoms with E-state index in [0.717, 1.165) is 35.9 Å². The van der Waals surface area contributed by atoms with Crippen LogP contribution in [-0.4, -0.2) is 67.3 Å². The van der Waals surface area contributed by atoms with Crippen LogP contribution >= 0.6 is 11.6 Å². The van der Waals surface area contributed by atoms with Gasteiger partial charge in [-0.25, -0.2) is 13.5 Å². The molecule has 43 heavy (non-hydrogen) atoms. The molecule has 3 atom stereocenters. The maximum absolute atomic E-state index is 14.4. The molecule has 2 amide bonds. The van der Waals surface area contributed by atoms with Crippen LogP contribution in [0.4, 0.5) is 8.78 Å². The maximum atomic E-state index is 14.4. The van der Waals surface area contributed by atoms with E-state index in [2.05, 4.69) is 10.3 Å². The highest BCUT2D eigenvalue weighted by Crippen LogP contribution is 2.54. The standard InChI is InChI=1S/C30H36ClF2N5O5/c1-29(28(41)42)9-4-3-5-18(29)27(40)38-12-8-17-19(31)6-7-22(43-15-20-25(26(32)33)36(2)35-34-20)24(17)21(38)14-37-16-30(10-11-30)13-23(37)39/h6-7,18,21,26H,3-5,8-16H2,1-2H3,(H,41,42)/t18-,21+,29-/m0/s1. The van der Waals surface area contributed by atoms with Crippen molar-refractivity contribution < 1.29 is 33.0 Å². The van der Waals surface area contributed by atoms with Crippen LogP contribution in [0.2, 0.25) is 5.02 Å². The first-order chi connectivity index (χ1) is 20.4. The van der Waals surface area contributed by atoms with E-state index in [0.29, 0.717) is 55.1 Å². The van der Waals surface area contributed by atoms with Crippen LogP contribution in [0.25, 0.3) is 0 Å². The van der Waals surface area contributed by atoms with Crippen molar-refractivity contribution in [2.45, 2.75) is 77.4 Å². The van der Waals surface area contributed by atoms with Gasteiger partial charge in [-0.2, -0.15) is 0 Å². The van der Waals surface area contributed by atoms with Crippen molar-refractivity contribution in [1.29, 1.82) is 0 Å². The minimum Gasteiger partial charge on any atom is -0.487 e. The van der Waals surface area contributed by atoms with Gasteiger partial charge in [-0.3, -0.25) is 14.4 Å². The fraction of sp³-hybridized carbons (Fsp3) is 0.633. The summed E-state index contributed by atoms with van der Waals surface area (Å²) in [6, 6.07) is 2.67. The Hall–Kier alpha value is -3.28. The second-order valence-corrected chi connectivity index (χ2v) is 13.2. The number of carboxylic acids is 1. The Labute approximate surface area is 253 Å². The van der Waals surface area contributed by atoms with Crippen LogP contribution in [0.15, 0.2) is 12.1 Å². The summed E-state index contributed by atoms with van der Waals surface area (Å²) in [6.07, 6.45) is 2.42. The van der Waals surface area contributed by atoms with E-state index in [4.69, 9.17) is 16.3 Å². The molecule has 1 aromatic heterocycles. The maximum Gasteiger partial charge on any atom is 0.310 e. The van der Waals surface area contributed by atoms with Crippen LogP contribution in [-0.2, 0) is 34.5 Å². The zero-order valence-electron chi connectivity index (χ0n) is 24.3. The van der Waals surface area contributed by atoms with Gasteiger partial charge in [0.05, 0.1) is 17.4 Å². The van der Waals surface area contributed by atoms with Crippen molar-refractivity contribution in [3.8, 4) is 5.75 Å². The summed E-state index contributed by atoms with van der Waals surface area (Å²) in [6.45, 7) is 2.48. The molecule has 6 rings (SSSR count). The van der Waals surface area contributed by atoms with E-state index >= 15 is 0 Å². The number of rotatable bonds is 8. The molecule has 1 saturated heterocycles. The summed E-state index contributed by atoms with van der Waals surface area (Å²) < 4.78 is 34.6. The first-order valence-electron chi connectivity index (χ1n) is 14.9. The molecule has 2 aromatic rings. The first-order valence-corrected chi connectivity index (χ1v) is 15.2. The van der Waals surface area contributed by atoms with Gasteiger partial charge >= 0.3 is 5.97 Å². The lowest BCUT2D eigenvalue weighted by Crippen LogP contribution is -2.52. The Morgan fingerprint density at radius 1 is 1.23 bits per heavy atom. The number of hydrogen-bond acceptors (Lipinski definition) is 6. The molecule has 3 fully saturated rings. The van der Waals surface area contributed by atoms with Crippen molar-refractivity contribution in [1.82, 2.24) is 24.8 Å². The molecule has 3 heterocycles. The van der Waals surface area contributed by atoms with E-state index in [-0.39, 0.29) is 41.8 Å². The number of alkyl halides is 2. The minimum atomic E-state index is -2.80. The predicted octanol–water partition coefficient (Wildman–Crippen LogP) is 4.70. The number of benzene rings is 1. The summed E-state index contributed by atoms with van der Waals surface area (Å²) in [4.78, 5) is 43.4. The SMILES string of the molecule is Cn1nnc(COc2ccc(Cl)c3c2[C@@H](CN2CC4(CC4)CC2=O)N(C(=O)[C@@H]2CCCC[C@]2(C)C(=O)O)CC3)c1C(F)F. The predicted molar refractivity (Wildman–Crippen MR) is 150 cm³/mol. The lowest BCUT2D eigenvalue weighted by atomic mass is 9.66. The van der Waals surface area contributed by atoms with Gasteiger partial charge in [0.25, 0.3) is 6.43 Å². The zero-order valence-corrected chi connectivity index (χ0v) is 25.1. The minimum absolute atomic E-state index is 0.0000166. The highest BCUT2D eigenvalue weighted by Gasteiger charge is 2.54. The number of fused-ring (bicyclic) bond motifs is 1. The molecule has 1 spiro atoms. The van der Waals surface area contributed by atoms with Crippen LogP contribution in [0.3, 0.4) is 0 Å². The number of carbonyl (C=O) groups excluding carboxylic acids is 2. The second kappa shape index (κ2) is 11.0. The number of hydrogen-bond donors (Lipinski definition) is 1. The van der Waals surface area contributed by atoms with Gasteiger partial charge in [-0.15, -0.1) is 5.10 Å². The molecular formula is C30H36ClF2N5O5. The summed E-state index contributed by atoms with van der Waals surface area (Å²) in [5, 5.41) is 18.2. The molecule has 0 unspecified atom stereocenters. The lowest BCUT2D eigenvalue weighted by molar-refractivity contribution is -0.162. The first kappa shape index (κ1) is 29.8. The average molecular weight is 620 g/mol. The van der Waals surface area contributed by atoms with Crippen LogP contribution < -0.4 is 4.74 Å². The fourth-order valence-corrected chi connectivity index (χ4v) is 7.60. The van der Waals surface area contributed by atoms with Gasteiger partial charge < -0.3 is 19.6 Å². The number of nitrogens with zero attached hydrogens (tertiary/aromatic N) is 5. The van der Waals surface area contributed by atoms with Crippen molar-refractivity contribution >= 4 is 29.4 Å². The highest BCUT2D eigenvalue weighted by molar-refractivity contribution is 6.31. The van der Waals surface area contributed by atoms with E-state index < -0.39 is 29.8 Å². The number of halogens is 3. The third-order valence-electron chi connectivity index (χ3n) is 10.1. The van der Waals surface area contributed by atoms with Gasteiger partial charge in [-0.05, 0) is 62.1 Å². The Morgan fingerprint density at radius 2 is 2.00 bits per heavy atom. The number of aromatic nitrogens is 3. The van der Waals surface area contributed by atoms with Gasteiger partial charge in [0.1, 0.15) is 23.7 Å². The number of carboxylic acid groups (broad SMARTS) is 1. The van der Waals surface area contributed by atoms with Crippen molar-refractivity contribution in [2.24, 2.45) is 23.8 Å². The molecule has 2 aliphatic carbocycles. The molecule has 10 nitrogen and oxygen atoms in total. The largest absolute Gasteiger partial charge is 0.487 e. The molecule has 4 aliphatic rings. The molecular weight excluding hydrogens is 584 g/mol. The topological polar surface area (TPSA) is 118 Å². The zero-order chi connectivity index (χ0) is 30.7. The summed E-state index contributed by atoms with van der Waals surface area (Å²) in [5.74, 6) is -1.59. The van der Waals surface area contributed by atoms with E-state index in [9.17, 15) is 28.3 Å². The number of amides is 2. The van der Waals surface area contributed by atoms with E-state index in [1.165, 1.54) is 7.05 Å². The van der Waals surface area contributed by atoms with Crippen molar-refractivity contribution in [3.05, 3.63) is 39.7 Å². The van der Waals surface area contributed by atoms with Crippen LogP contribution in [0.5, 0.6) is 5.75 Å². The molecule has 1 aromatic carbocycles. The van der Waals surface area contributed by atoms with Crippen LogP contribution in [0.1, 0.15) is 86.9 Å². The average Bonchev–Trinajstić information content (AvgIpc) is 3.50. The number of carbonyl (C=O) groups is 3. The molecule has 232 valence electrons. The number of aryl methyl sites for hydroxylation is 1. The second-order valence-electron chi connectivity index (χ2n) is 12.8. The van der Waals surface area contributed by atoms with Crippen molar-refractivity contribution in [2.75, 3.05) is 19.6 Å². The Balaban J connectivity index is 1.38. The summed E-state index contributed by atoms with van der Waals surface area (Å²) >= 11 is 6.69. The van der Waals surface area contributed by atoms with E-state index in [1.807, 2.05) is 0 Å². The third kappa shape index (κ3) is 5.25. The molecule has 0 bridgehead atoms. The van der Waals surface area contributed by atoms with Crippen LogP contribution in [0, 0.1) is 16.7 Å². The smallest absolute Gasteiger partial charge is 0.310 e. The van der Waals surface area contributed by atoms with Gasteiger partial charge in [0.15, 0.2) is 0 Å². The molecule has 1 N–H and O–H groups in total. The molecule has 2 aliphatic heterocycles. The molecule has 0 radical (unpaired) electrons. The van der Waals surface area contributed by atoms with Gasteiger partial charge in [-0.1, -0.05) is 29.7 Å². The van der Waals surface area contributed by atoms with E-state index in [1.54, 1.807) is 28.9 Å². The monoisotopic (exact) mass is 619 g/mol. The number of likely N-dealkylation sites (tertiary alicyclic amines) is 1. The van der Waals surface area contributed by atoms with Crippen molar-refractivity contribution in [3.63, 3.8) is 0 Å². The quantitative estimate of drug-likeness (QED) is 0.455. The fourth-order valence-electron chi connectivity index (χ4n) is 7.34. The summed E-state index contributed by atoms with van der Waals surface area (Å²) in [7, 11) is 1.39. The highest BCUT2D eigenvalue weighted by atomic mass is 35.5. The lowest BCUT2D eigenvalue weighted by Gasteiger charge is -2.45. The normalized spacial score (nSPS) is 26.2. The van der Waals surface area contributed by atoms with Gasteiger partial charge in [0.2, 0.25) is 11.8 Å². The molecule has 2 saturated carbocycles. The Morgan fingerprint density at radius 3 is 2.67 bits per heavy atom. The van der Waals surface area contributed by atoms with Gasteiger partial charge in [0, 0.05) is 43.7 Å². The summed E-state index contributed by atoms with van der Waals surface area (Å²) in [5.41, 5.74) is -0.177.